The summed E-state index contributed by atoms with van der Waals surface area (Å²) in [6.07, 6.45) is 15.6. The summed E-state index contributed by atoms with van der Waals surface area (Å²) in [7, 11) is 4.12. The Kier molecular flexibility index (Phi) is 6.83. The van der Waals surface area contributed by atoms with Crippen LogP contribution < -0.4 is 5.32 Å². The zero-order valence-corrected chi connectivity index (χ0v) is 25.2. The fraction of sp³-hybridized carbons (Fsp3) is 0.361. The lowest BCUT2D eigenvalue weighted by Crippen LogP contribution is -2.45. The number of carbonyl (C=O) groups is 2. The minimum absolute atomic E-state index is 0.0133. The molecule has 0 bridgehead atoms. The average molecular weight is 575 g/mol. The maximum atomic E-state index is 14.0. The van der Waals surface area contributed by atoms with E-state index in [2.05, 4.69) is 39.7 Å². The maximum Gasteiger partial charge on any atom is 0.252 e. The number of imidazole rings is 1. The van der Waals surface area contributed by atoms with Crippen molar-refractivity contribution in [1.82, 2.24) is 19.4 Å². The Morgan fingerprint density at radius 2 is 1.77 bits per heavy atom. The molecule has 220 valence electrons. The summed E-state index contributed by atoms with van der Waals surface area (Å²) in [5.41, 5.74) is 7.66. The van der Waals surface area contributed by atoms with Crippen molar-refractivity contribution in [3.8, 4) is 11.3 Å². The number of ketones is 1. The minimum Gasteiger partial charge on any atom is -0.472 e. The molecule has 7 heteroatoms. The first-order valence-corrected chi connectivity index (χ1v) is 15.5. The number of hydrogen-bond donors (Lipinski definition) is 1. The maximum absolute atomic E-state index is 14.0. The molecule has 0 aliphatic heterocycles. The molecular weight excluding hydrogens is 536 g/mol. The minimum atomic E-state index is -0.541. The van der Waals surface area contributed by atoms with Crippen LogP contribution in [0.4, 0.5) is 0 Å². The Labute approximate surface area is 251 Å². The van der Waals surface area contributed by atoms with E-state index in [1.54, 1.807) is 19.3 Å². The van der Waals surface area contributed by atoms with Gasteiger partial charge in [-0.3, -0.25) is 9.59 Å². The predicted octanol–water partition coefficient (Wildman–Crippen LogP) is 7.78. The largest absolute Gasteiger partial charge is 0.472 e. The molecule has 3 heterocycles. The fourth-order valence-corrected chi connectivity index (χ4v) is 7.61. The molecule has 1 N–H and O–H groups in total. The first-order chi connectivity index (χ1) is 20.8. The smallest absolute Gasteiger partial charge is 0.252 e. The predicted molar refractivity (Wildman–Crippen MR) is 170 cm³/mol. The van der Waals surface area contributed by atoms with Gasteiger partial charge < -0.3 is 18.9 Å². The Hall–Kier alpha value is -4.39. The highest BCUT2D eigenvalue weighted by molar-refractivity contribution is 6.01. The molecule has 7 rings (SSSR count). The average Bonchev–Trinajstić information content (AvgIpc) is 3.84. The summed E-state index contributed by atoms with van der Waals surface area (Å²) in [5, 5.41) is 4.69. The number of aryl methyl sites for hydroxylation is 2. The van der Waals surface area contributed by atoms with Gasteiger partial charge in [0.15, 0.2) is 5.78 Å². The van der Waals surface area contributed by atoms with Crippen LogP contribution >= 0.6 is 0 Å². The monoisotopic (exact) mass is 574 g/mol. The summed E-state index contributed by atoms with van der Waals surface area (Å²) in [6.45, 7) is 1.55. The number of nitrogens with one attached hydrogen (secondary N) is 1. The number of benzene rings is 2. The van der Waals surface area contributed by atoms with E-state index in [1.807, 2.05) is 43.7 Å². The van der Waals surface area contributed by atoms with Crippen LogP contribution in [0, 0.1) is 0 Å². The van der Waals surface area contributed by atoms with Crippen molar-refractivity contribution in [1.29, 1.82) is 0 Å². The molecule has 0 spiro atoms. The third-order valence-electron chi connectivity index (χ3n) is 9.71. The molecule has 7 nitrogen and oxygen atoms in total. The molecule has 43 heavy (non-hydrogen) atoms. The molecule has 2 aromatic carbocycles. The lowest BCUT2D eigenvalue weighted by Gasteiger charge is -2.30. The van der Waals surface area contributed by atoms with Gasteiger partial charge in [0, 0.05) is 36.1 Å². The first kappa shape index (κ1) is 27.4. The summed E-state index contributed by atoms with van der Waals surface area (Å²) >= 11 is 0. The van der Waals surface area contributed by atoms with Gasteiger partial charge in [-0.2, -0.15) is 0 Å². The van der Waals surface area contributed by atoms with Crippen LogP contribution in [0.2, 0.25) is 0 Å². The molecule has 2 aliphatic rings. The van der Waals surface area contributed by atoms with Crippen LogP contribution in [0.25, 0.3) is 39.3 Å². The molecule has 1 amide bonds. The summed E-state index contributed by atoms with van der Waals surface area (Å²) in [4.78, 5) is 30.5. The molecule has 0 radical (unpaired) electrons. The standard InChI is InChI=1S/C36H38N4O3/c1-23(41)10-11-24-12-15-29-31(20-24)40(3)35(37-29)36(17-6-7-18-36)38-34(42)26-13-14-28-30(21-26)39(2)33(27-16-19-43-22-27)32(28)25-8-4-5-9-25/h10-16,19-22,25H,4-9,17-18H2,1-3H3,(H,38,42)/b11-10+. The van der Waals surface area contributed by atoms with E-state index in [0.29, 0.717) is 11.5 Å². The number of aromatic nitrogens is 3. The number of nitrogens with zero attached hydrogens (tertiary/aromatic N) is 3. The lowest BCUT2D eigenvalue weighted by atomic mass is 9.92. The van der Waals surface area contributed by atoms with Crippen LogP contribution in [0.5, 0.6) is 0 Å². The van der Waals surface area contributed by atoms with Crippen molar-refractivity contribution in [3.05, 3.63) is 83.6 Å². The van der Waals surface area contributed by atoms with Crippen LogP contribution in [0.3, 0.4) is 0 Å². The third kappa shape index (κ3) is 4.71. The molecule has 0 atom stereocenters. The number of amides is 1. The lowest BCUT2D eigenvalue weighted by molar-refractivity contribution is -0.112. The van der Waals surface area contributed by atoms with Gasteiger partial charge in [-0.25, -0.2) is 4.98 Å². The van der Waals surface area contributed by atoms with E-state index >= 15 is 0 Å². The van der Waals surface area contributed by atoms with E-state index < -0.39 is 5.54 Å². The van der Waals surface area contributed by atoms with Crippen molar-refractivity contribution in [2.45, 2.75) is 69.7 Å². The van der Waals surface area contributed by atoms with Crippen LogP contribution in [-0.4, -0.2) is 25.8 Å². The third-order valence-corrected chi connectivity index (χ3v) is 9.71. The van der Waals surface area contributed by atoms with Crippen molar-refractivity contribution in [2.24, 2.45) is 14.1 Å². The molecule has 0 unspecified atom stereocenters. The quantitative estimate of drug-likeness (QED) is 0.201. The number of carbonyl (C=O) groups excluding carboxylic acids is 2. The summed E-state index contributed by atoms with van der Waals surface area (Å²) in [5.74, 6) is 1.34. The molecule has 2 fully saturated rings. The van der Waals surface area contributed by atoms with E-state index in [-0.39, 0.29) is 11.7 Å². The number of furan rings is 1. The highest BCUT2D eigenvalue weighted by Gasteiger charge is 2.41. The highest BCUT2D eigenvalue weighted by atomic mass is 16.3. The Bertz CT molecular complexity index is 1880. The van der Waals surface area contributed by atoms with Gasteiger partial charge >= 0.3 is 0 Å². The number of rotatable bonds is 7. The molecular formula is C36H38N4O3. The molecule has 2 saturated carbocycles. The normalized spacial score (nSPS) is 17.1. The van der Waals surface area contributed by atoms with Gasteiger partial charge in [0.2, 0.25) is 0 Å². The fourth-order valence-electron chi connectivity index (χ4n) is 7.61. The van der Waals surface area contributed by atoms with Crippen molar-refractivity contribution in [2.75, 3.05) is 0 Å². The van der Waals surface area contributed by atoms with E-state index in [0.717, 1.165) is 59.2 Å². The van der Waals surface area contributed by atoms with Crippen LogP contribution in [-0.2, 0) is 24.4 Å². The van der Waals surface area contributed by atoms with Gasteiger partial charge in [0.05, 0.1) is 34.8 Å². The Balaban J connectivity index is 1.26. The second kappa shape index (κ2) is 10.7. The van der Waals surface area contributed by atoms with Gasteiger partial charge in [-0.05, 0) is 86.1 Å². The van der Waals surface area contributed by atoms with E-state index in [9.17, 15) is 9.59 Å². The second-order valence-corrected chi connectivity index (χ2v) is 12.5. The summed E-state index contributed by atoms with van der Waals surface area (Å²) < 4.78 is 9.83. The van der Waals surface area contributed by atoms with E-state index in [4.69, 9.17) is 9.40 Å². The number of allylic oxidation sites excluding steroid dienone is 1. The second-order valence-electron chi connectivity index (χ2n) is 12.5. The Morgan fingerprint density at radius 1 is 0.977 bits per heavy atom. The van der Waals surface area contributed by atoms with Gasteiger partial charge in [-0.1, -0.05) is 43.9 Å². The molecule has 2 aliphatic carbocycles. The SMILES string of the molecule is CC(=O)/C=C/c1ccc2nc(C3(NC(=O)c4ccc5c(C6CCCC6)c(-c6ccoc6)n(C)c5c4)CCCC3)n(C)c2c1. The Morgan fingerprint density at radius 3 is 2.49 bits per heavy atom. The topological polar surface area (TPSA) is 82.1 Å². The van der Waals surface area contributed by atoms with Crippen molar-refractivity contribution >= 4 is 39.7 Å². The van der Waals surface area contributed by atoms with Crippen molar-refractivity contribution < 1.29 is 14.0 Å². The zero-order chi connectivity index (χ0) is 29.7. The molecule has 3 aromatic heterocycles. The number of fused-ring (bicyclic) bond motifs is 2. The van der Waals surface area contributed by atoms with Crippen LogP contribution in [0.15, 0.2) is 65.5 Å². The van der Waals surface area contributed by atoms with Crippen molar-refractivity contribution in [3.63, 3.8) is 0 Å². The molecule has 0 saturated heterocycles. The van der Waals surface area contributed by atoms with E-state index in [1.165, 1.54) is 42.3 Å². The number of hydrogen-bond acceptors (Lipinski definition) is 4. The first-order valence-electron chi connectivity index (χ1n) is 15.5. The van der Waals surface area contributed by atoms with Crippen LogP contribution in [0.1, 0.15) is 91.5 Å². The van der Waals surface area contributed by atoms with Gasteiger partial charge in [0.1, 0.15) is 5.82 Å². The van der Waals surface area contributed by atoms with Gasteiger partial charge in [-0.15, -0.1) is 0 Å². The van der Waals surface area contributed by atoms with Gasteiger partial charge in [0.25, 0.3) is 5.91 Å². The molecule has 5 aromatic rings. The highest BCUT2D eigenvalue weighted by Crippen LogP contribution is 2.45. The summed E-state index contributed by atoms with van der Waals surface area (Å²) in [6, 6.07) is 14.2. The zero-order valence-electron chi connectivity index (χ0n) is 25.2.